The van der Waals surface area contributed by atoms with Crippen LogP contribution < -0.4 is 0 Å². The zero-order valence-electron chi connectivity index (χ0n) is 13.5. The van der Waals surface area contributed by atoms with Gasteiger partial charge in [-0.05, 0) is 29.6 Å². The molecule has 1 unspecified atom stereocenters. The standard InChI is InChI=1S/C17H36/c1-8-16(9-2)15(5)12-10-11-13-17(6,7)14(3)4/h14-16H,8-13H2,1-7H3. The number of hydrogen-bond acceptors (Lipinski definition) is 0. The molecule has 0 fully saturated rings. The SMILES string of the molecule is CCC(CC)C(C)CCCCC(C)(C)C(C)C. The zero-order chi connectivity index (χ0) is 13.5. The van der Waals surface area contributed by atoms with Gasteiger partial charge < -0.3 is 0 Å². The molecule has 0 aromatic heterocycles. The van der Waals surface area contributed by atoms with Gasteiger partial charge in [0.05, 0.1) is 0 Å². The van der Waals surface area contributed by atoms with Crippen LogP contribution in [0.3, 0.4) is 0 Å². The normalized spacial score (nSPS) is 14.6. The number of unbranched alkanes of at least 4 members (excludes halogenated alkanes) is 1. The minimum absolute atomic E-state index is 0.526. The lowest BCUT2D eigenvalue weighted by molar-refractivity contribution is 0.215. The average molecular weight is 240 g/mol. The van der Waals surface area contributed by atoms with Crippen LogP contribution in [0.25, 0.3) is 0 Å². The van der Waals surface area contributed by atoms with E-state index in [0.717, 1.165) is 17.8 Å². The van der Waals surface area contributed by atoms with Crippen molar-refractivity contribution in [3.8, 4) is 0 Å². The van der Waals surface area contributed by atoms with Crippen LogP contribution in [0, 0.1) is 23.2 Å². The smallest absolute Gasteiger partial charge is 0.0331 e. The van der Waals surface area contributed by atoms with Gasteiger partial charge in [0.25, 0.3) is 0 Å². The van der Waals surface area contributed by atoms with Crippen molar-refractivity contribution in [2.24, 2.45) is 23.2 Å². The summed E-state index contributed by atoms with van der Waals surface area (Å²) in [5, 5.41) is 0. The highest BCUT2D eigenvalue weighted by Crippen LogP contribution is 2.33. The predicted molar refractivity (Wildman–Crippen MR) is 80.3 cm³/mol. The van der Waals surface area contributed by atoms with Gasteiger partial charge in [-0.1, -0.05) is 80.6 Å². The van der Waals surface area contributed by atoms with E-state index in [1.807, 2.05) is 0 Å². The molecule has 0 spiro atoms. The molecule has 0 N–H and O–H groups in total. The molecule has 0 heteroatoms. The van der Waals surface area contributed by atoms with E-state index in [1.165, 1.54) is 38.5 Å². The minimum atomic E-state index is 0.526. The highest BCUT2D eigenvalue weighted by molar-refractivity contribution is 4.72. The van der Waals surface area contributed by atoms with Crippen LogP contribution in [0.5, 0.6) is 0 Å². The maximum absolute atomic E-state index is 2.45. The second-order valence-corrected chi connectivity index (χ2v) is 6.94. The van der Waals surface area contributed by atoms with Gasteiger partial charge in [-0.15, -0.1) is 0 Å². The Hall–Kier alpha value is 0. The Kier molecular flexibility index (Phi) is 8.16. The first-order chi connectivity index (χ1) is 7.85. The van der Waals surface area contributed by atoms with Crippen LogP contribution in [0.4, 0.5) is 0 Å². The average Bonchev–Trinajstić information content (AvgIpc) is 2.26. The van der Waals surface area contributed by atoms with Gasteiger partial charge in [0, 0.05) is 0 Å². The van der Waals surface area contributed by atoms with Crippen molar-refractivity contribution in [3.05, 3.63) is 0 Å². The molecule has 0 aliphatic rings. The van der Waals surface area contributed by atoms with Gasteiger partial charge in [-0.25, -0.2) is 0 Å². The summed E-state index contributed by atoms with van der Waals surface area (Å²) in [4.78, 5) is 0. The molecule has 0 saturated carbocycles. The van der Waals surface area contributed by atoms with Gasteiger partial charge in [0.2, 0.25) is 0 Å². The van der Waals surface area contributed by atoms with Crippen molar-refractivity contribution in [3.63, 3.8) is 0 Å². The van der Waals surface area contributed by atoms with E-state index in [2.05, 4.69) is 48.5 Å². The Balaban J connectivity index is 3.78. The lowest BCUT2D eigenvalue weighted by Gasteiger charge is -2.29. The third kappa shape index (κ3) is 6.48. The number of hydrogen-bond donors (Lipinski definition) is 0. The van der Waals surface area contributed by atoms with E-state index in [4.69, 9.17) is 0 Å². The first kappa shape index (κ1) is 17.0. The van der Waals surface area contributed by atoms with Crippen LogP contribution in [-0.4, -0.2) is 0 Å². The Morgan fingerprint density at radius 3 is 1.82 bits per heavy atom. The Labute approximate surface area is 111 Å². The van der Waals surface area contributed by atoms with Crippen molar-refractivity contribution in [2.45, 2.75) is 87.0 Å². The molecule has 0 aromatic carbocycles. The van der Waals surface area contributed by atoms with Gasteiger partial charge in [-0.3, -0.25) is 0 Å². The van der Waals surface area contributed by atoms with E-state index in [0.29, 0.717) is 5.41 Å². The fourth-order valence-electron chi connectivity index (χ4n) is 2.66. The highest BCUT2D eigenvalue weighted by atomic mass is 14.3. The molecule has 0 radical (unpaired) electrons. The molecule has 0 bridgehead atoms. The lowest BCUT2D eigenvalue weighted by Crippen LogP contribution is -2.19. The van der Waals surface area contributed by atoms with Crippen molar-refractivity contribution < 1.29 is 0 Å². The molecular formula is C17H36. The van der Waals surface area contributed by atoms with Crippen LogP contribution in [-0.2, 0) is 0 Å². The van der Waals surface area contributed by atoms with Crippen molar-refractivity contribution in [2.75, 3.05) is 0 Å². The molecule has 17 heavy (non-hydrogen) atoms. The van der Waals surface area contributed by atoms with Crippen molar-refractivity contribution in [1.29, 1.82) is 0 Å². The predicted octanol–water partition coefficient (Wildman–Crippen LogP) is 6.30. The first-order valence-corrected chi connectivity index (χ1v) is 7.85. The summed E-state index contributed by atoms with van der Waals surface area (Å²) in [6.07, 6.45) is 8.37. The molecule has 0 aliphatic heterocycles. The summed E-state index contributed by atoms with van der Waals surface area (Å²) in [5.41, 5.74) is 0.526. The monoisotopic (exact) mass is 240 g/mol. The summed E-state index contributed by atoms with van der Waals surface area (Å²) in [6, 6.07) is 0. The molecule has 1 atom stereocenters. The van der Waals surface area contributed by atoms with Crippen LogP contribution >= 0.6 is 0 Å². The Morgan fingerprint density at radius 2 is 1.41 bits per heavy atom. The molecule has 104 valence electrons. The summed E-state index contributed by atoms with van der Waals surface area (Å²) in [6.45, 7) is 16.7. The maximum atomic E-state index is 2.45. The molecule has 0 saturated heterocycles. The van der Waals surface area contributed by atoms with E-state index in [9.17, 15) is 0 Å². The molecule has 0 aliphatic carbocycles. The summed E-state index contributed by atoms with van der Waals surface area (Å²) < 4.78 is 0. The fourth-order valence-corrected chi connectivity index (χ4v) is 2.66. The first-order valence-electron chi connectivity index (χ1n) is 7.85. The van der Waals surface area contributed by atoms with E-state index < -0.39 is 0 Å². The molecule has 0 heterocycles. The van der Waals surface area contributed by atoms with Gasteiger partial charge in [0.1, 0.15) is 0 Å². The van der Waals surface area contributed by atoms with Crippen molar-refractivity contribution in [1.82, 2.24) is 0 Å². The van der Waals surface area contributed by atoms with E-state index in [1.54, 1.807) is 0 Å². The second-order valence-electron chi connectivity index (χ2n) is 6.94. The Morgan fingerprint density at radius 1 is 0.882 bits per heavy atom. The molecular weight excluding hydrogens is 204 g/mol. The van der Waals surface area contributed by atoms with E-state index in [-0.39, 0.29) is 0 Å². The molecule has 0 nitrogen and oxygen atoms in total. The maximum Gasteiger partial charge on any atom is -0.0331 e. The highest BCUT2D eigenvalue weighted by Gasteiger charge is 2.21. The molecule has 0 amide bonds. The van der Waals surface area contributed by atoms with Crippen molar-refractivity contribution >= 4 is 0 Å². The number of rotatable bonds is 9. The topological polar surface area (TPSA) is 0 Å². The zero-order valence-corrected chi connectivity index (χ0v) is 13.5. The quantitative estimate of drug-likeness (QED) is 0.415. The summed E-state index contributed by atoms with van der Waals surface area (Å²) in [5.74, 6) is 2.68. The summed E-state index contributed by atoms with van der Waals surface area (Å²) in [7, 11) is 0. The van der Waals surface area contributed by atoms with E-state index >= 15 is 0 Å². The Bertz CT molecular complexity index is 174. The molecule has 0 rings (SSSR count). The van der Waals surface area contributed by atoms with Crippen LogP contribution in [0.2, 0.25) is 0 Å². The lowest BCUT2D eigenvalue weighted by atomic mass is 9.76. The third-order valence-corrected chi connectivity index (χ3v) is 5.15. The minimum Gasteiger partial charge on any atom is -0.0651 e. The fraction of sp³-hybridized carbons (Fsp3) is 1.00. The largest absolute Gasteiger partial charge is 0.0651 e. The van der Waals surface area contributed by atoms with Gasteiger partial charge in [-0.2, -0.15) is 0 Å². The van der Waals surface area contributed by atoms with Crippen LogP contribution in [0.15, 0.2) is 0 Å². The van der Waals surface area contributed by atoms with Gasteiger partial charge >= 0.3 is 0 Å². The summed E-state index contributed by atoms with van der Waals surface area (Å²) >= 11 is 0. The molecule has 0 aromatic rings. The van der Waals surface area contributed by atoms with Crippen LogP contribution in [0.1, 0.15) is 87.0 Å². The second kappa shape index (κ2) is 8.16. The van der Waals surface area contributed by atoms with Gasteiger partial charge in [0.15, 0.2) is 0 Å². The third-order valence-electron chi connectivity index (χ3n) is 5.15.